The Morgan fingerprint density at radius 1 is 1.30 bits per heavy atom. The van der Waals surface area contributed by atoms with Crippen LogP contribution in [0.2, 0.25) is 0 Å². The Bertz CT molecular complexity index is 706. The number of nitrogens with one attached hydrogen (secondary N) is 1. The van der Waals surface area contributed by atoms with Gasteiger partial charge in [0.05, 0.1) is 23.8 Å². The van der Waals surface area contributed by atoms with Crippen molar-refractivity contribution in [3.05, 3.63) is 18.5 Å². The lowest BCUT2D eigenvalue weighted by Crippen LogP contribution is -2.25. The van der Waals surface area contributed by atoms with Gasteiger partial charge in [0.2, 0.25) is 0 Å². The van der Waals surface area contributed by atoms with Gasteiger partial charge in [-0.3, -0.25) is 0 Å². The Morgan fingerprint density at radius 2 is 2.00 bits per heavy atom. The summed E-state index contributed by atoms with van der Waals surface area (Å²) in [5.74, 6) is 0.0935. The molecule has 7 heteroatoms. The predicted molar refractivity (Wildman–Crippen MR) is 80.7 cm³/mol. The Labute approximate surface area is 119 Å². The molecular formula is C13H20N4O2S. The smallest absolute Gasteiger partial charge is 0.158 e. The summed E-state index contributed by atoms with van der Waals surface area (Å²) in [5.41, 5.74) is 1.64. The minimum atomic E-state index is -2.99. The van der Waals surface area contributed by atoms with Crippen molar-refractivity contribution in [2.75, 3.05) is 17.3 Å². The number of rotatable bonds is 5. The molecule has 20 heavy (non-hydrogen) atoms. The first-order valence-electron chi connectivity index (χ1n) is 6.54. The highest BCUT2D eigenvalue weighted by Gasteiger charge is 2.12. The average molecular weight is 296 g/mol. The van der Waals surface area contributed by atoms with Crippen LogP contribution in [0.25, 0.3) is 11.0 Å². The number of fused-ring (bicyclic) bond motifs is 1. The number of aromatic nitrogens is 3. The molecule has 1 N–H and O–H groups in total. The summed E-state index contributed by atoms with van der Waals surface area (Å²) in [5, 5.41) is 8.40. The van der Waals surface area contributed by atoms with Crippen LogP contribution in [0.1, 0.15) is 26.8 Å². The van der Waals surface area contributed by atoms with Crippen molar-refractivity contribution >= 4 is 26.6 Å². The van der Waals surface area contributed by atoms with Crippen molar-refractivity contribution < 1.29 is 8.42 Å². The molecule has 0 amide bonds. The maximum Gasteiger partial charge on any atom is 0.158 e. The van der Waals surface area contributed by atoms with Crippen LogP contribution in [-0.4, -0.2) is 41.2 Å². The highest BCUT2D eigenvalue weighted by molar-refractivity contribution is 7.90. The molecule has 2 aromatic rings. The average Bonchev–Trinajstić information content (AvgIpc) is 2.68. The fourth-order valence-electron chi connectivity index (χ4n) is 2.18. The number of hydrogen-bond acceptors (Lipinski definition) is 5. The van der Waals surface area contributed by atoms with Gasteiger partial charge in [0.15, 0.2) is 5.65 Å². The fourth-order valence-corrected chi connectivity index (χ4v) is 3.17. The zero-order valence-corrected chi connectivity index (χ0v) is 13.0. The maximum atomic E-state index is 11.3. The predicted octanol–water partition coefficient (Wildman–Crippen LogP) is 1.86. The molecule has 0 bridgehead atoms. The van der Waals surface area contributed by atoms with Crippen LogP contribution in [0, 0.1) is 0 Å². The Morgan fingerprint density at radius 3 is 2.60 bits per heavy atom. The summed E-state index contributed by atoms with van der Waals surface area (Å²) in [4.78, 5) is 4.40. The summed E-state index contributed by atoms with van der Waals surface area (Å²) < 4.78 is 24.4. The summed E-state index contributed by atoms with van der Waals surface area (Å²) in [6.07, 6.45) is 4.72. The van der Waals surface area contributed by atoms with Gasteiger partial charge < -0.3 is 5.32 Å². The van der Waals surface area contributed by atoms with Crippen LogP contribution in [0.4, 0.5) is 5.69 Å². The number of sulfone groups is 1. The highest BCUT2D eigenvalue weighted by atomic mass is 32.2. The summed E-state index contributed by atoms with van der Waals surface area (Å²) in [6.45, 7) is 5.94. The minimum absolute atomic E-state index is 0.0935. The molecule has 0 spiro atoms. The van der Waals surface area contributed by atoms with E-state index in [0.29, 0.717) is 0 Å². The molecular weight excluding hydrogens is 276 g/mol. The van der Waals surface area contributed by atoms with Gasteiger partial charge in [-0.15, -0.1) is 0 Å². The molecule has 6 nitrogen and oxygen atoms in total. The van der Waals surface area contributed by atoms with Crippen molar-refractivity contribution in [2.45, 2.75) is 32.9 Å². The number of anilines is 1. The largest absolute Gasteiger partial charge is 0.380 e. The number of nitrogens with zero attached hydrogens (tertiary/aromatic N) is 3. The van der Waals surface area contributed by atoms with Gasteiger partial charge in [0.1, 0.15) is 9.84 Å². The molecule has 0 saturated heterocycles. The monoisotopic (exact) mass is 296 g/mol. The SMILES string of the molecule is CC(CS(C)(=O)=O)Nc1cnc2c(cnn2C(C)C)c1. The van der Waals surface area contributed by atoms with E-state index in [-0.39, 0.29) is 17.8 Å². The van der Waals surface area contributed by atoms with Crippen molar-refractivity contribution in [2.24, 2.45) is 0 Å². The molecule has 2 rings (SSSR count). The Kier molecular flexibility index (Phi) is 3.99. The first-order valence-corrected chi connectivity index (χ1v) is 8.60. The van der Waals surface area contributed by atoms with Crippen molar-refractivity contribution in [1.29, 1.82) is 0 Å². The van der Waals surface area contributed by atoms with Gasteiger partial charge >= 0.3 is 0 Å². The molecule has 0 aliphatic carbocycles. The van der Waals surface area contributed by atoms with Gasteiger partial charge in [0.25, 0.3) is 0 Å². The second-order valence-electron chi connectivity index (χ2n) is 5.46. The molecule has 2 heterocycles. The van der Waals surface area contributed by atoms with Crippen LogP contribution in [-0.2, 0) is 9.84 Å². The topological polar surface area (TPSA) is 76.9 Å². The van der Waals surface area contributed by atoms with E-state index in [2.05, 4.69) is 29.2 Å². The van der Waals surface area contributed by atoms with E-state index in [1.165, 1.54) is 6.26 Å². The van der Waals surface area contributed by atoms with Gasteiger partial charge in [-0.25, -0.2) is 18.1 Å². The van der Waals surface area contributed by atoms with E-state index in [1.807, 2.05) is 17.7 Å². The number of pyridine rings is 1. The third-order valence-corrected chi connectivity index (χ3v) is 3.99. The van der Waals surface area contributed by atoms with E-state index >= 15 is 0 Å². The second kappa shape index (κ2) is 5.40. The van der Waals surface area contributed by atoms with Crippen LogP contribution < -0.4 is 5.32 Å². The normalized spacial score (nSPS) is 13.8. The van der Waals surface area contributed by atoms with E-state index in [0.717, 1.165) is 16.7 Å². The molecule has 0 radical (unpaired) electrons. The quantitative estimate of drug-likeness (QED) is 0.911. The molecule has 0 aromatic carbocycles. The fraction of sp³-hybridized carbons (Fsp3) is 0.538. The van der Waals surface area contributed by atoms with E-state index in [4.69, 9.17) is 0 Å². The van der Waals surface area contributed by atoms with Crippen molar-refractivity contribution in [3.63, 3.8) is 0 Å². The molecule has 2 aromatic heterocycles. The van der Waals surface area contributed by atoms with Crippen LogP contribution >= 0.6 is 0 Å². The van der Waals surface area contributed by atoms with Gasteiger partial charge in [0, 0.05) is 23.7 Å². The van der Waals surface area contributed by atoms with E-state index in [1.54, 1.807) is 12.4 Å². The molecule has 0 saturated carbocycles. The van der Waals surface area contributed by atoms with Gasteiger partial charge in [-0.2, -0.15) is 5.10 Å². The van der Waals surface area contributed by atoms with Gasteiger partial charge in [-0.05, 0) is 26.8 Å². The third-order valence-electron chi connectivity index (χ3n) is 2.89. The third kappa shape index (κ3) is 3.47. The lowest BCUT2D eigenvalue weighted by atomic mass is 10.3. The van der Waals surface area contributed by atoms with Crippen molar-refractivity contribution in [3.8, 4) is 0 Å². The van der Waals surface area contributed by atoms with Crippen LogP contribution in [0.3, 0.4) is 0 Å². The van der Waals surface area contributed by atoms with E-state index < -0.39 is 9.84 Å². The zero-order chi connectivity index (χ0) is 14.9. The summed E-state index contributed by atoms with van der Waals surface area (Å²) in [6, 6.07) is 2.03. The first-order chi connectivity index (χ1) is 9.26. The summed E-state index contributed by atoms with van der Waals surface area (Å²) >= 11 is 0. The summed E-state index contributed by atoms with van der Waals surface area (Å²) in [7, 11) is -2.99. The lowest BCUT2D eigenvalue weighted by molar-refractivity contribution is 0.546. The minimum Gasteiger partial charge on any atom is -0.380 e. The second-order valence-corrected chi connectivity index (χ2v) is 7.64. The van der Waals surface area contributed by atoms with Gasteiger partial charge in [-0.1, -0.05) is 0 Å². The molecule has 0 aliphatic heterocycles. The van der Waals surface area contributed by atoms with Crippen LogP contribution in [0.5, 0.6) is 0 Å². The Balaban J connectivity index is 2.20. The number of hydrogen-bond donors (Lipinski definition) is 1. The maximum absolute atomic E-state index is 11.3. The Hall–Kier alpha value is -1.63. The van der Waals surface area contributed by atoms with Crippen LogP contribution in [0.15, 0.2) is 18.5 Å². The van der Waals surface area contributed by atoms with E-state index in [9.17, 15) is 8.42 Å². The molecule has 1 atom stereocenters. The molecule has 110 valence electrons. The molecule has 0 aliphatic rings. The lowest BCUT2D eigenvalue weighted by Gasteiger charge is -2.14. The molecule has 0 fully saturated rings. The molecule has 1 unspecified atom stereocenters. The van der Waals surface area contributed by atoms with Crippen molar-refractivity contribution in [1.82, 2.24) is 14.8 Å². The standard InChI is InChI=1S/C13H20N4O2S/c1-9(2)17-13-11(6-15-17)5-12(7-14-13)16-10(3)8-20(4,18)19/h5-7,9-10,16H,8H2,1-4H3. The highest BCUT2D eigenvalue weighted by Crippen LogP contribution is 2.19. The first kappa shape index (κ1) is 14.8. The zero-order valence-electron chi connectivity index (χ0n) is 12.2.